The molecule has 2 saturated carbocycles. The van der Waals surface area contributed by atoms with Crippen molar-refractivity contribution in [3.63, 3.8) is 0 Å². The molecular formula is C13H21NO2S. The highest BCUT2D eigenvalue weighted by Crippen LogP contribution is 2.70. The molecule has 4 heteroatoms. The fourth-order valence-electron chi connectivity index (χ4n) is 3.59. The fourth-order valence-corrected chi connectivity index (χ4v) is 4.09. The van der Waals surface area contributed by atoms with Gasteiger partial charge in [-0.3, -0.25) is 9.59 Å². The van der Waals surface area contributed by atoms with Crippen LogP contribution >= 0.6 is 0 Å². The molecule has 0 spiro atoms. The van der Waals surface area contributed by atoms with E-state index in [1.165, 1.54) is 0 Å². The number of carbonyl (C=O) groups is 2. The number of rotatable bonds is 1. The molecule has 0 saturated heterocycles. The molecule has 17 heavy (non-hydrogen) atoms. The van der Waals surface area contributed by atoms with E-state index in [-0.39, 0.29) is 33.2 Å². The van der Waals surface area contributed by atoms with Crippen molar-refractivity contribution in [3.8, 4) is 0 Å². The highest BCUT2D eigenvalue weighted by atomic mass is 32.2. The van der Waals surface area contributed by atoms with Crippen LogP contribution in [-0.4, -0.2) is 24.2 Å². The molecule has 0 aliphatic heterocycles. The number of hydrogen-bond donors (Lipinski definition) is 0. The Hall–Kier alpha value is -0.510. The third-order valence-corrected chi connectivity index (χ3v) is 5.91. The average molecular weight is 255 g/mol. The Morgan fingerprint density at radius 1 is 1.24 bits per heavy atom. The SMILES string of the molecule is CS(C)=NC(=O)C12CCC(C)(C(=O)C1)C2(C)C. The zero-order valence-corrected chi connectivity index (χ0v) is 12.1. The Bertz CT molecular complexity index is 437. The smallest absolute Gasteiger partial charge is 0.258 e. The van der Waals surface area contributed by atoms with Gasteiger partial charge in [-0.1, -0.05) is 31.5 Å². The topological polar surface area (TPSA) is 46.5 Å². The molecule has 2 aliphatic rings. The molecule has 2 rings (SSSR count). The number of nitrogens with zero attached hydrogens (tertiary/aromatic N) is 1. The summed E-state index contributed by atoms with van der Waals surface area (Å²) in [5.74, 6) is 0.217. The van der Waals surface area contributed by atoms with E-state index in [4.69, 9.17) is 0 Å². The molecule has 2 unspecified atom stereocenters. The molecule has 1 amide bonds. The summed E-state index contributed by atoms with van der Waals surface area (Å²) in [5.41, 5.74) is -1.09. The first kappa shape index (κ1) is 12.9. The van der Waals surface area contributed by atoms with Crippen LogP contribution in [0.25, 0.3) is 0 Å². The lowest BCUT2D eigenvalue weighted by atomic mass is 9.65. The van der Waals surface area contributed by atoms with Gasteiger partial charge in [0.2, 0.25) is 0 Å². The molecule has 2 aliphatic carbocycles. The van der Waals surface area contributed by atoms with Gasteiger partial charge in [0.15, 0.2) is 0 Å². The summed E-state index contributed by atoms with van der Waals surface area (Å²) in [5, 5.41) is 0. The van der Waals surface area contributed by atoms with E-state index < -0.39 is 5.41 Å². The zero-order chi connectivity index (χ0) is 13.1. The number of hydrogen-bond acceptors (Lipinski definition) is 2. The molecule has 0 aromatic carbocycles. The van der Waals surface area contributed by atoms with Crippen molar-refractivity contribution in [2.75, 3.05) is 12.5 Å². The number of Topliss-reactive ketones (excluding diaryl/α,β-unsaturated/α-hetero) is 1. The van der Waals surface area contributed by atoms with Gasteiger partial charge in [0.25, 0.3) is 5.91 Å². The Balaban J connectivity index is 2.50. The first-order valence-corrected chi connectivity index (χ1v) is 8.04. The van der Waals surface area contributed by atoms with Crippen LogP contribution in [0.5, 0.6) is 0 Å². The van der Waals surface area contributed by atoms with Gasteiger partial charge in [0.1, 0.15) is 5.78 Å². The number of fused-ring (bicyclic) bond motifs is 2. The van der Waals surface area contributed by atoms with Crippen molar-refractivity contribution in [3.05, 3.63) is 0 Å². The quantitative estimate of drug-likeness (QED) is 0.722. The lowest BCUT2D eigenvalue weighted by Crippen LogP contribution is -2.40. The highest BCUT2D eigenvalue weighted by molar-refractivity contribution is 7.86. The van der Waals surface area contributed by atoms with Gasteiger partial charge in [0, 0.05) is 11.8 Å². The second kappa shape index (κ2) is 3.50. The predicted octanol–water partition coefficient (Wildman–Crippen LogP) is 2.36. The summed E-state index contributed by atoms with van der Waals surface area (Å²) < 4.78 is 4.23. The van der Waals surface area contributed by atoms with Crippen LogP contribution < -0.4 is 0 Å². The minimum atomic E-state index is -0.518. The normalized spacial score (nSPS) is 38.8. The summed E-state index contributed by atoms with van der Waals surface area (Å²) in [6, 6.07) is 0. The predicted molar refractivity (Wildman–Crippen MR) is 69.8 cm³/mol. The largest absolute Gasteiger partial charge is 0.299 e. The van der Waals surface area contributed by atoms with Gasteiger partial charge in [-0.15, -0.1) is 0 Å². The minimum absolute atomic E-state index is 0.0367. The maximum absolute atomic E-state index is 12.4. The van der Waals surface area contributed by atoms with Gasteiger partial charge >= 0.3 is 0 Å². The van der Waals surface area contributed by atoms with Crippen LogP contribution in [0.1, 0.15) is 40.0 Å². The molecule has 0 aromatic rings. The third-order valence-electron chi connectivity index (χ3n) is 5.38. The Morgan fingerprint density at radius 2 is 1.82 bits per heavy atom. The second-order valence-electron chi connectivity index (χ2n) is 6.31. The zero-order valence-electron chi connectivity index (χ0n) is 11.3. The van der Waals surface area contributed by atoms with E-state index in [1.54, 1.807) is 0 Å². The molecule has 2 bridgehead atoms. The van der Waals surface area contributed by atoms with Crippen molar-refractivity contribution in [2.45, 2.75) is 40.0 Å². The maximum Gasteiger partial charge on any atom is 0.258 e. The lowest BCUT2D eigenvalue weighted by molar-refractivity contribution is -0.133. The average Bonchev–Trinajstić information content (AvgIpc) is 2.47. The van der Waals surface area contributed by atoms with Crippen molar-refractivity contribution < 1.29 is 9.59 Å². The van der Waals surface area contributed by atoms with Crippen LogP contribution in [0.4, 0.5) is 0 Å². The maximum atomic E-state index is 12.4. The molecule has 96 valence electrons. The van der Waals surface area contributed by atoms with Gasteiger partial charge in [-0.2, -0.15) is 4.36 Å². The monoisotopic (exact) mass is 255 g/mol. The number of ketones is 1. The van der Waals surface area contributed by atoms with E-state index in [2.05, 4.69) is 18.2 Å². The van der Waals surface area contributed by atoms with Crippen molar-refractivity contribution >= 4 is 22.4 Å². The second-order valence-corrected chi connectivity index (χ2v) is 8.04. The summed E-state index contributed by atoms with van der Waals surface area (Å²) >= 11 is 0. The van der Waals surface area contributed by atoms with E-state index in [1.807, 2.05) is 19.4 Å². The molecular weight excluding hydrogens is 234 g/mol. The Labute approximate surface area is 105 Å². The molecule has 3 nitrogen and oxygen atoms in total. The Kier molecular flexibility index (Phi) is 2.66. The first-order chi connectivity index (χ1) is 7.67. The van der Waals surface area contributed by atoms with Crippen LogP contribution in [-0.2, 0) is 20.3 Å². The standard InChI is InChI=1S/C13H21NO2S/c1-11(2)12(3)6-7-13(11,8-9(12)15)10(16)14-17(4)5/h6-8H2,1-5H3. The summed E-state index contributed by atoms with van der Waals surface area (Å²) in [4.78, 5) is 24.6. The summed E-state index contributed by atoms with van der Waals surface area (Å²) in [6.07, 6.45) is 5.93. The van der Waals surface area contributed by atoms with Gasteiger partial charge in [-0.25, -0.2) is 0 Å². The van der Waals surface area contributed by atoms with Gasteiger partial charge in [-0.05, 0) is 30.8 Å². The number of amides is 1. The summed E-state index contributed by atoms with van der Waals surface area (Å²) in [7, 11) is -0.245. The first-order valence-electron chi connectivity index (χ1n) is 6.05. The van der Waals surface area contributed by atoms with E-state index >= 15 is 0 Å². The Morgan fingerprint density at radius 3 is 2.18 bits per heavy atom. The van der Waals surface area contributed by atoms with Crippen molar-refractivity contribution in [1.29, 1.82) is 0 Å². The van der Waals surface area contributed by atoms with E-state index in [9.17, 15) is 9.59 Å². The van der Waals surface area contributed by atoms with E-state index in [0.717, 1.165) is 12.8 Å². The van der Waals surface area contributed by atoms with Crippen LogP contribution in [0.15, 0.2) is 4.36 Å². The summed E-state index contributed by atoms with van der Waals surface area (Å²) in [6.45, 7) is 6.17. The molecule has 0 radical (unpaired) electrons. The fraction of sp³-hybridized carbons (Fsp3) is 0.846. The van der Waals surface area contributed by atoms with Crippen molar-refractivity contribution in [2.24, 2.45) is 20.6 Å². The third kappa shape index (κ3) is 1.36. The van der Waals surface area contributed by atoms with Gasteiger partial charge in [0.05, 0.1) is 5.41 Å². The lowest BCUT2D eigenvalue weighted by Gasteiger charge is -2.37. The van der Waals surface area contributed by atoms with Crippen LogP contribution in [0.2, 0.25) is 0 Å². The molecule has 0 aromatic heterocycles. The van der Waals surface area contributed by atoms with E-state index in [0.29, 0.717) is 6.42 Å². The minimum Gasteiger partial charge on any atom is -0.299 e. The van der Waals surface area contributed by atoms with Gasteiger partial charge < -0.3 is 0 Å². The molecule has 2 fully saturated rings. The van der Waals surface area contributed by atoms with Crippen LogP contribution in [0.3, 0.4) is 0 Å². The van der Waals surface area contributed by atoms with Crippen molar-refractivity contribution in [1.82, 2.24) is 0 Å². The molecule has 0 heterocycles. The molecule has 0 N–H and O–H groups in total. The highest BCUT2D eigenvalue weighted by Gasteiger charge is 2.72. The van der Waals surface area contributed by atoms with Crippen LogP contribution in [0, 0.1) is 16.2 Å². The molecule has 2 atom stereocenters. The number of carbonyl (C=O) groups excluding carboxylic acids is 2.